The van der Waals surface area contributed by atoms with Crippen molar-refractivity contribution in [2.45, 2.75) is 25.0 Å². The van der Waals surface area contributed by atoms with Gasteiger partial charge in [-0.3, -0.25) is 14.5 Å². The first-order valence-corrected chi connectivity index (χ1v) is 13.4. The van der Waals surface area contributed by atoms with E-state index in [1.54, 1.807) is 56.7 Å². The summed E-state index contributed by atoms with van der Waals surface area (Å²) in [5.74, 6) is 2.30. The third-order valence-corrected chi connectivity index (χ3v) is 7.91. The molecule has 4 heterocycles. The Balaban J connectivity index is 1.11. The molecule has 0 radical (unpaired) electrons. The molecule has 1 saturated heterocycles. The van der Waals surface area contributed by atoms with E-state index in [-0.39, 0.29) is 17.6 Å². The molecule has 208 valence electrons. The normalized spacial score (nSPS) is 19.2. The maximum Gasteiger partial charge on any atom is 0.250 e. The zero-order chi connectivity index (χ0) is 27.8. The summed E-state index contributed by atoms with van der Waals surface area (Å²) in [6, 6.07) is 15.8. The largest absolute Gasteiger partial charge is 0.493 e. The zero-order valence-electron chi connectivity index (χ0n) is 22.5. The number of methoxy groups -OCH3 is 2. The third-order valence-electron chi connectivity index (χ3n) is 7.91. The van der Waals surface area contributed by atoms with Gasteiger partial charge in [0.1, 0.15) is 30.3 Å². The average molecular weight is 545 g/mol. The summed E-state index contributed by atoms with van der Waals surface area (Å²) >= 11 is 0. The number of ether oxygens (including phenoxy) is 3. The molecule has 0 saturated carbocycles. The van der Waals surface area contributed by atoms with Gasteiger partial charge >= 0.3 is 0 Å². The number of β-amino-alcohol motifs (C(OH)–C–C–N with tert-alkyl or cyclic N) is 1. The summed E-state index contributed by atoms with van der Waals surface area (Å²) in [4.78, 5) is 27.8. The van der Waals surface area contributed by atoms with Crippen LogP contribution in [0.15, 0.2) is 74.9 Å². The maximum absolute atomic E-state index is 13.2. The van der Waals surface area contributed by atoms with E-state index in [1.165, 1.54) is 6.26 Å². The van der Waals surface area contributed by atoms with Crippen LogP contribution < -0.4 is 25.2 Å². The van der Waals surface area contributed by atoms with Gasteiger partial charge in [0, 0.05) is 49.9 Å². The SMILES string of the molecule is COc1ccc(-c2coc3cc(OCC(O)CN4C[C@H]5C[C@@H](C4)c4cccc(=O)n4C5)ccc3c2=O)cc1OC. The smallest absolute Gasteiger partial charge is 0.250 e. The average Bonchev–Trinajstić information content (AvgIpc) is 2.96. The van der Waals surface area contributed by atoms with Gasteiger partial charge in [-0.25, -0.2) is 0 Å². The summed E-state index contributed by atoms with van der Waals surface area (Å²) in [5.41, 5.74) is 2.47. The Labute approximate surface area is 231 Å². The Morgan fingerprint density at radius 2 is 1.85 bits per heavy atom. The van der Waals surface area contributed by atoms with Crippen LogP contribution in [0.4, 0.5) is 0 Å². The molecule has 2 aromatic heterocycles. The van der Waals surface area contributed by atoms with Crippen molar-refractivity contribution < 1.29 is 23.7 Å². The molecule has 9 nitrogen and oxygen atoms in total. The molecule has 3 atom stereocenters. The Hall–Kier alpha value is -4.08. The highest BCUT2D eigenvalue weighted by molar-refractivity contribution is 5.83. The molecule has 0 spiro atoms. The number of nitrogens with zero attached hydrogens (tertiary/aromatic N) is 2. The molecule has 2 aliphatic rings. The molecule has 0 amide bonds. The van der Waals surface area contributed by atoms with Gasteiger partial charge in [-0.2, -0.15) is 0 Å². The molecule has 2 bridgehead atoms. The number of piperidine rings is 1. The molecule has 2 aliphatic heterocycles. The maximum atomic E-state index is 13.2. The first-order valence-electron chi connectivity index (χ1n) is 13.4. The van der Waals surface area contributed by atoms with Crippen LogP contribution in [0.2, 0.25) is 0 Å². The Morgan fingerprint density at radius 3 is 2.67 bits per heavy atom. The topological polar surface area (TPSA) is 103 Å². The van der Waals surface area contributed by atoms with Crippen LogP contribution in [0.3, 0.4) is 0 Å². The predicted molar refractivity (Wildman–Crippen MR) is 151 cm³/mol. The molecule has 40 heavy (non-hydrogen) atoms. The number of aliphatic hydroxyl groups is 1. The fourth-order valence-electron chi connectivity index (χ4n) is 6.09. The lowest BCUT2D eigenvalue weighted by Gasteiger charge is -2.43. The van der Waals surface area contributed by atoms with Crippen LogP contribution in [0, 0.1) is 5.92 Å². The van der Waals surface area contributed by atoms with E-state index in [0.717, 1.165) is 31.7 Å². The first-order chi connectivity index (χ1) is 19.4. The summed E-state index contributed by atoms with van der Waals surface area (Å²) in [5, 5.41) is 11.2. The molecule has 1 fully saturated rings. The van der Waals surface area contributed by atoms with E-state index in [0.29, 0.717) is 57.7 Å². The Morgan fingerprint density at radius 1 is 1.00 bits per heavy atom. The summed E-state index contributed by atoms with van der Waals surface area (Å²) in [6.07, 6.45) is 1.82. The van der Waals surface area contributed by atoms with Crippen molar-refractivity contribution in [2.75, 3.05) is 40.5 Å². The lowest BCUT2D eigenvalue weighted by molar-refractivity contribution is 0.0384. The number of benzene rings is 2. The Bertz CT molecular complexity index is 1660. The number of pyridine rings is 1. The number of likely N-dealkylation sites (tertiary alicyclic amines) is 1. The molecule has 2 aromatic carbocycles. The molecule has 4 aromatic rings. The fraction of sp³-hybridized carbons (Fsp3) is 0.355. The van der Waals surface area contributed by atoms with Gasteiger partial charge in [0.05, 0.1) is 25.2 Å². The van der Waals surface area contributed by atoms with Crippen LogP contribution in [0.1, 0.15) is 18.0 Å². The van der Waals surface area contributed by atoms with E-state index >= 15 is 0 Å². The van der Waals surface area contributed by atoms with Crippen LogP contribution in [-0.4, -0.2) is 61.1 Å². The zero-order valence-corrected chi connectivity index (χ0v) is 22.5. The van der Waals surface area contributed by atoms with Crippen molar-refractivity contribution in [1.29, 1.82) is 0 Å². The van der Waals surface area contributed by atoms with Crippen molar-refractivity contribution >= 4 is 11.0 Å². The van der Waals surface area contributed by atoms with Crippen molar-refractivity contribution in [3.05, 3.63) is 87.1 Å². The standard InChI is InChI=1S/C31H32N2O7/c1-37-27-9-6-20(11-29(27)38-2)25-18-40-28-12-23(7-8-24(28)31(25)36)39-17-22(34)16-32-13-19-10-21(15-32)26-4-3-5-30(35)33(26)14-19/h3-9,11-12,18-19,21-22,34H,10,13-17H2,1-2H3/t19-,21+,22?/m1/s1. The minimum atomic E-state index is -0.688. The molecular formula is C31H32N2O7. The highest BCUT2D eigenvalue weighted by atomic mass is 16.5. The van der Waals surface area contributed by atoms with Gasteiger partial charge in [0.25, 0.3) is 5.56 Å². The van der Waals surface area contributed by atoms with Crippen molar-refractivity contribution in [3.63, 3.8) is 0 Å². The number of rotatable bonds is 8. The highest BCUT2D eigenvalue weighted by Crippen LogP contribution is 2.35. The second-order valence-corrected chi connectivity index (χ2v) is 10.6. The van der Waals surface area contributed by atoms with E-state index in [2.05, 4.69) is 4.90 Å². The lowest BCUT2D eigenvalue weighted by atomic mass is 9.83. The van der Waals surface area contributed by atoms with Gasteiger partial charge < -0.3 is 28.3 Å². The molecule has 6 rings (SSSR count). The lowest BCUT2D eigenvalue weighted by Crippen LogP contribution is -2.49. The molecule has 1 unspecified atom stereocenters. The number of aromatic nitrogens is 1. The van der Waals surface area contributed by atoms with Crippen LogP contribution in [-0.2, 0) is 6.54 Å². The molecule has 9 heteroatoms. The van der Waals surface area contributed by atoms with Gasteiger partial charge in [-0.05, 0) is 48.2 Å². The first kappa shape index (κ1) is 26.2. The number of hydrogen-bond acceptors (Lipinski definition) is 8. The minimum absolute atomic E-state index is 0.0671. The summed E-state index contributed by atoms with van der Waals surface area (Å²) in [6.45, 7) is 2.98. The van der Waals surface area contributed by atoms with Gasteiger partial charge in [0.2, 0.25) is 0 Å². The Kier molecular flexibility index (Phi) is 7.08. The fourth-order valence-corrected chi connectivity index (χ4v) is 6.09. The van der Waals surface area contributed by atoms with Crippen molar-refractivity contribution in [1.82, 2.24) is 9.47 Å². The molecule has 1 N–H and O–H groups in total. The number of hydrogen-bond donors (Lipinski definition) is 1. The van der Waals surface area contributed by atoms with Crippen LogP contribution in [0.25, 0.3) is 22.1 Å². The predicted octanol–water partition coefficient (Wildman–Crippen LogP) is 3.50. The van der Waals surface area contributed by atoms with E-state index in [9.17, 15) is 14.7 Å². The quantitative estimate of drug-likeness (QED) is 0.360. The van der Waals surface area contributed by atoms with E-state index in [4.69, 9.17) is 18.6 Å². The van der Waals surface area contributed by atoms with Gasteiger partial charge in [-0.1, -0.05) is 12.1 Å². The van der Waals surface area contributed by atoms with Crippen molar-refractivity contribution in [3.8, 4) is 28.4 Å². The van der Waals surface area contributed by atoms with Crippen LogP contribution in [0.5, 0.6) is 17.2 Å². The number of aliphatic hydroxyl groups excluding tert-OH is 1. The third kappa shape index (κ3) is 4.98. The van der Waals surface area contributed by atoms with Gasteiger partial charge in [0.15, 0.2) is 16.9 Å². The van der Waals surface area contributed by atoms with E-state index in [1.807, 2.05) is 16.7 Å². The van der Waals surface area contributed by atoms with Crippen LogP contribution >= 0.6 is 0 Å². The van der Waals surface area contributed by atoms with Gasteiger partial charge in [-0.15, -0.1) is 0 Å². The highest BCUT2D eigenvalue weighted by Gasteiger charge is 2.35. The monoisotopic (exact) mass is 544 g/mol. The summed E-state index contributed by atoms with van der Waals surface area (Å²) in [7, 11) is 3.10. The van der Waals surface area contributed by atoms with Crippen molar-refractivity contribution in [2.24, 2.45) is 5.92 Å². The molecular weight excluding hydrogens is 512 g/mol. The number of fused-ring (bicyclic) bond motifs is 5. The second kappa shape index (κ2) is 10.8. The second-order valence-electron chi connectivity index (χ2n) is 10.6. The van der Waals surface area contributed by atoms with E-state index < -0.39 is 6.10 Å². The summed E-state index contributed by atoms with van der Waals surface area (Å²) < 4.78 is 24.2. The minimum Gasteiger partial charge on any atom is -0.493 e. The molecule has 0 aliphatic carbocycles.